The minimum absolute atomic E-state index is 0.203. The molecule has 0 aromatic heterocycles. The fourth-order valence-corrected chi connectivity index (χ4v) is 2.61. The first-order valence-electron chi connectivity index (χ1n) is 8.08. The molecule has 0 aliphatic carbocycles. The third-order valence-corrected chi connectivity index (χ3v) is 3.98. The van der Waals surface area contributed by atoms with E-state index >= 15 is 0 Å². The van der Waals surface area contributed by atoms with E-state index in [4.69, 9.17) is 27.9 Å². The van der Waals surface area contributed by atoms with Crippen LogP contribution in [0.15, 0.2) is 0 Å². The average molecular weight is 311 g/mol. The molecule has 0 amide bonds. The van der Waals surface area contributed by atoms with Crippen molar-refractivity contribution in [2.75, 3.05) is 18.4 Å². The fourth-order valence-electron chi connectivity index (χ4n) is 2.28. The Morgan fingerprint density at radius 2 is 1.32 bits per heavy atom. The first-order valence-corrected chi connectivity index (χ1v) is 9.15. The van der Waals surface area contributed by atoms with Gasteiger partial charge in [-0.2, -0.15) is 0 Å². The van der Waals surface area contributed by atoms with E-state index in [9.17, 15) is 0 Å². The Morgan fingerprint density at radius 1 is 0.789 bits per heavy atom. The Balaban J connectivity index is 3.16. The Bertz CT molecular complexity index is 165. The summed E-state index contributed by atoms with van der Waals surface area (Å²) in [6.45, 7) is 2.89. The predicted octanol–water partition coefficient (Wildman–Crippen LogP) is 6.16. The summed E-state index contributed by atoms with van der Waals surface area (Å²) in [5.41, 5.74) is 0. The van der Waals surface area contributed by atoms with E-state index in [0.29, 0.717) is 18.4 Å². The van der Waals surface area contributed by atoms with Crippen LogP contribution >= 0.6 is 23.2 Å². The summed E-state index contributed by atoms with van der Waals surface area (Å²) >= 11 is 11.5. The van der Waals surface area contributed by atoms with Crippen LogP contribution in [0.5, 0.6) is 0 Å². The van der Waals surface area contributed by atoms with E-state index in [1.54, 1.807) is 0 Å². The van der Waals surface area contributed by atoms with E-state index in [2.05, 4.69) is 6.92 Å². The van der Waals surface area contributed by atoms with E-state index in [-0.39, 0.29) is 6.10 Å². The van der Waals surface area contributed by atoms with Crippen LogP contribution in [0, 0.1) is 0 Å². The Morgan fingerprint density at radius 3 is 1.79 bits per heavy atom. The largest absolute Gasteiger partial charge is 0.376 e. The van der Waals surface area contributed by atoms with E-state index in [1.165, 1.54) is 64.2 Å². The quantitative estimate of drug-likeness (QED) is 0.260. The van der Waals surface area contributed by atoms with Crippen LogP contribution in [0.2, 0.25) is 0 Å². The van der Waals surface area contributed by atoms with Gasteiger partial charge in [0, 0.05) is 11.8 Å². The highest BCUT2D eigenvalue weighted by atomic mass is 35.5. The summed E-state index contributed by atoms with van der Waals surface area (Å²) in [5.74, 6) is 1.15. The number of hydrogen-bond donors (Lipinski definition) is 0. The molecule has 0 aromatic rings. The summed E-state index contributed by atoms with van der Waals surface area (Å²) in [5, 5.41) is 0. The zero-order chi connectivity index (χ0) is 14.2. The second-order valence-corrected chi connectivity index (χ2v) is 5.99. The smallest absolute Gasteiger partial charge is 0.0710 e. The summed E-state index contributed by atoms with van der Waals surface area (Å²) in [6.07, 6.45) is 15.0. The average Bonchev–Trinajstić information content (AvgIpc) is 2.44. The normalized spacial score (nSPS) is 12.8. The van der Waals surface area contributed by atoms with Gasteiger partial charge in [-0.05, 0) is 6.42 Å². The molecule has 0 aliphatic heterocycles. The summed E-state index contributed by atoms with van der Waals surface area (Å²) in [4.78, 5) is 0. The van der Waals surface area contributed by atoms with Crippen molar-refractivity contribution in [2.45, 2.75) is 83.7 Å². The van der Waals surface area contributed by atoms with Gasteiger partial charge in [-0.15, -0.1) is 23.2 Å². The van der Waals surface area contributed by atoms with E-state index in [0.717, 1.165) is 6.42 Å². The summed E-state index contributed by atoms with van der Waals surface area (Å²) in [6, 6.07) is 0. The Labute approximate surface area is 130 Å². The molecule has 0 saturated heterocycles. The lowest BCUT2D eigenvalue weighted by molar-refractivity contribution is 0.0721. The van der Waals surface area contributed by atoms with E-state index in [1.807, 2.05) is 0 Å². The molecule has 0 heterocycles. The van der Waals surface area contributed by atoms with Crippen LogP contribution in [0.25, 0.3) is 0 Å². The second kappa shape index (κ2) is 16.6. The van der Waals surface area contributed by atoms with Crippen molar-refractivity contribution in [3.8, 4) is 0 Å². The van der Waals surface area contributed by atoms with Gasteiger partial charge in [0.1, 0.15) is 0 Å². The molecule has 0 radical (unpaired) electrons. The van der Waals surface area contributed by atoms with Crippen LogP contribution in [-0.4, -0.2) is 24.5 Å². The highest BCUT2D eigenvalue weighted by Gasteiger charge is 2.06. The van der Waals surface area contributed by atoms with Crippen molar-refractivity contribution >= 4 is 23.2 Å². The molecule has 0 spiro atoms. The minimum Gasteiger partial charge on any atom is -0.376 e. The Kier molecular flexibility index (Phi) is 17.1. The maximum Gasteiger partial charge on any atom is 0.0710 e. The number of alkyl halides is 2. The summed E-state index contributed by atoms with van der Waals surface area (Å²) < 4.78 is 5.56. The van der Waals surface area contributed by atoms with Crippen molar-refractivity contribution < 1.29 is 4.74 Å². The van der Waals surface area contributed by atoms with Crippen molar-refractivity contribution in [3.63, 3.8) is 0 Å². The molecule has 1 atom stereocenters. The van der Waals surface area contributed by atoms with E-state index < -0.39 is 0 Å². The number of halogens is 2. The maximum absolute atomic E-state index is 5.86. The van der Waals surface area contributed by atoms with Gasteiger partial charge in [0.25, 0.3) is 0 Å². The fraction of sp³-hybridized carbons (Fsp3) is 1.00. The van der Waals surface area contributed by atoms with Gasteiger partial charge in [0.05, 0.1) is 12.7 Å². The van der Waals surface area contributed by atoms with Gasteiger partial charge in [-0.25, -0.2) is 0 Å². The molecule has 0 saturated carbocycles. The summed E-state index contributed by atoms with van der Waals surface area (Å²) in [7, 11) is 0. The van der Waals surface area contributed by atoms with Crippen LogP contribution < -0.4 is 0 Å². The molecular formula is C16H32Cl2O. The molecule has 3 heteroatoms. The van der Waals surface area contributed by atoms with Crippen LogP contribution in [0.1, 0.15) is 77.6 Å². The number of rotatable bonds is 15. The molecule has 0 fully saturated rings. The molecule has 0 N–H and O–H groups in total. The molecule has 0 rings (SSSR count). The number of ether oxygens (including phenoxy) is 1. The molecule has 0 bridgehead atoms. The number of hydrogen-bond acceptors (Lipinski definition) is 1. The lowest BCUT2D eigenvalue weighted by atomic mass is 10.0. The standard InChI is InChI=1S/C16H32Cl2O/c1-2-3-4-5-6-7-8-9-10-11-12-16(15-18)19-14-13-17/h16H,2-15H2,1H3. The molecule has 116 valence electrons. The molecule has 0 aromatic carbocycles. The first kappa shape index (κ1) is 19.5. The van der Waals surface area contributed by atoms with Gasteiger partial charge in [0.15, 0.2) is 0 Å². The molecule has 1 unspecified atom stereocenters. The van der Waals surface area contributed by atoms with Crippen molar-refractivity contribution in [2.24, 2.45) is 0 Å². The Hall–Kier alpha value is 0.540. The topological polar surface area (TPSA) is 9.23 Å². The van der Waals surface area contributed by atoms with Crippen LogP contribution in [-0.2, 0) is 4.74 Å². The molecular weight excluding hydrogens is 279 g/mol. The maximum atomic E-state index is 5.86. The third-order valence-electron chi connectivity index (χ3n) is 3.48. The highest BCUT2D eigenvalue weighted by Crippen LogP contribution is 2.13. The third kappa shape index (κ3) is 14.8. The lowest BCUT2D eigenvalue weighted by Crippen LogP contribution is -2.16. The lowest BCUT2D eigenvalue weighted by Gasteiger charge is -2.13. The highest BCUT2D eigenvalue weighted by molar-refractivity contribution is 6.18. The molecule has 1 nitrogen and oxygen atoms in total. The second-order valence-electron chi connectivity index (χ2n) is 5.31. The van der Waals surface area contributed by atoms with Crippen molar-refractivity contribution in [1.29, 1.82) is 0 Å². The zero-order valence-corrected chi connectivity index (χ0v) is 14.2. The molecule has 19 heavy (non-hydrogen) atoms. The van der Waals surface area contributed by atoms with Gasteiger partial charge >= 0.3 is 0 Å². The zero-order valence-electron chi connectivity index (χ0n) is 12.6. The van der Waals surface area contributed by atoms with Crippen molar-refractivity contribution in [3.05, 3.63) is 0 Å². The van der Waals surface area contributed by atoms with Gasteiger partial charge in [-0.1, -0.05) is 71.1 Å². The predicted molar refractivity (Wildman–Crippen MR) is 87.6 cm³/mol. The van der Waals surface area contributed by atoms with Gasteiger partial charge in [-0.3, -0.25) is 0 Å². The van der Waals surface area contributed by atoms with Crippen LogP contribution in [0.3, 0.4) is 0 Å². The van der Waals surface area contributed by atoms with Gasteiger partial charge < -0.3 is 4.74 Å². The van der Waals surface area contributed by atoms with Crippen molar-refractivity contribution in [1.82, 2.24) is 0 Å². The SMILES string of the molecule is CCCCCCCCCCCCC(CCl)OCCCl. The first-order chi connectivity index (χ1) is 9.35. The van der Waals surface area contributed by atoms with Gasteiger partial charge in [0.2, 0.25) is 0 Å². The monoisotopic (exact) mass is 310 g/mol. The van der Waals surface area contributed by atoms with Crippen LogP contribution in [0.4, 0.5) is 0 Å². The minimum atomic E-state index is 0.203. The number of unbranched alkanes of at least 4 members (excludes halogenated alkanes) is 9. The molecule has 0 aliphatic rings.